The molecule has 0 aliphatic carbocycles. The summed E-state index contributed by atoms with van der Waals surface area (Å²) in [4.78, 5) is 18.3. The highest BCUT2D eigenvalue weighted by molar-refractivity contribution is 9.10. The fourth-order valence-electron chi connectivity index (χ4n) is 2.08. The lowest BCUT2D eigenvalue weighted by atomic mass is 10.2. The van der Waals surface area contributed by atoms with Gasteiger partial charge >= 0.3 is 0 Å². The van der Waals surface area contributed by atoms with Crippen molar-refractivity contribution in [3.05, 3.63) is 22.9 Å². The summed E-state index contributed by atoms with van der Waals surface area (Å²) in [6, 6.07) is 1.63. The van der Waals surface area contributed by atoms with Crippen LogP contribution in [0.1, 0.15) is 13.3 Å². The van der Waals surface area contributed by atoms with Crippen LogP contribution in [0, 0.1) is 0 Å². The van der Waals surface area contributed by atoms with Crippen molar-refractivity contribution in [3.63, 3.8) is 0 Å². The fraction of sp³-hybridized carbons (Fsp3) is 0.538. The summed E-state index contributed by atoms with van der Waals surface area (Å²) >= 11 is 3.48. The number of aromatic nitrogens is 1. The minimum atomic E-state index is -0.279. The smallest absolute Gasteiger partial charge is 0.245 e. The lowest BCUT2D eigenvalue weighted by molar-refractivity contribution is -0.124. The van der Waals surface area contributed by atoms with Crippen LogP contribution in [0.3, 0.4) is 0 Å². The third-order valence-corrected chi connectivity index (χ3v) is 3.65. The summed E-state index contributed by atoms with van der Waals surface area (Å²) in [5, 5.41) is 2.93. The van der Waals surface area contributed by atoms with Crippen LogP contribution < -0.4 is 10.2 Å². The number of ether oxygens (including phenoxy) is 1. The SMILES string of the molecule is CCCNC(=O)C1COCCN1c1ccncc1Br. The van der Waals surface area contributed by atoms with E-state index in [0.29, 0.717) is 26.3 Å². The molecule has 1 aromatic rings. The van der Waals surface area contributed by atoms with E-state index in [1.165, 1.54) is 0 Å². The maximum absolute atomic E-state index is 12.2. The van der Waals surface area contributed by atoms with E-state index in [1.54, 1.807) is 12.4 Å². The number of pyridine rings is 1. The molecule has 1 amide bonds. The van der Waals surface area contributed by atoms with Crippen molar-refractivity contribution >= 4 is 27.5 Å². The lowest BCUT2D eigenvalue weighted by Gasteiger charge is -2.36. The predicted molar refractivity (Wildman–Crippen MR) is 77.2 cm³/mol. The number of hydrogen-bond acceptors (Lipinski definition) is 4. The summed E-state index contributed by atoms with van der Waals surface area (Å²) < 4.78 is 6.34. The topological polar surface area (TPSA) is 54.5 Å². The first kappa shape index (κ1) is 14.3. The second-order valence-electron chi connectivity index (χ2n) is 4.40. The van der Waals surface area contributed by atoms with Gasteiger partial charge in [-0.1, -0.05) is 6.92 Å². The summed E-state index contributed by atoms with van der Waals surface area (Å²) in [6.45, 7) is 4.49. The number of amides is 1. The summed E-state index contributed by atoms with van der Waals surface area (Å²) in [5.74, 6) is 0.0188. The first-order chi connectivity index (χ1) is 9.24. The molecule has 2 heterocycles. The van der Waals surface area contributed by atoms with Gasteiger partial charge in [0, 0.05) is 25.5 Å². The van der Waals surface area contributed by atoms with E-state index >= 15 is 0 Å². The second kappa shape index (κ2) is 6.86. The minimum Gasteiger partial charge on any atom is -0.377 e. The molecular formula is C13H18BrN3O2. The van der Waals surface area contributed by atoms with E-state index in [1.807, 2.05) is 13.0 Å². The predicted octanol–water partition coefficient (Wildman–Crippen LogP) is 1.58. The molecule has 1 fully saturated rings. The summed E-state index contributed by atoms with van der Waals surface area (Å²) in [5.41, 5.74) is 0.981. The molecule has 6 heteroatoms. The Morgan fingerprint density at radius 3 is 3.26 bits per heavy atom. The van der Waals surface area contributed by atoms with Crippen LogP contribution in [0.4, 0.5) is 5.69 Å². The number of anilines is 1. The van der Waals surface area contributed by atoms with Crippen LogP contribution in [0.2, 0.25) is 0 Å². The molecule has 1 aliphatic heterocycles. The van der Waals surface area contributed by atoms with Gasteiger partial charge in [0.2, 0.25) is 5.91 Å². The molecule has 1 N–H and O–H groups in total. The van der Waals surface area contributed by atoms with Gasteiger partial charge in [-0.15, -0.1) is 0 Å². The van der Waals surface area contributed by atoms with Crippen LogP contribution in [0.5, 0.6) is 0 Å². The Hall–Kier alpha value is -1.14. The molecule has 1 saturated heterocycles. The van der Waals surface area contributed by atoms with E-state index < -0.39 is 0 Å². The van der Waals surface area contributed by atoms with Gasteiger partial charge in [0.1, 0.15) is 6.04 Å². The molecule has 104 valence electrons. The number of rotatable bonds is 4. The van der Waals surface area contributed by atoms with Crippen LogP contribution in [0.25, 0.3) is 0 Å². The summed E-state index contributed by atoms with van der Waals surface area (Å²) in [6.07, 6.45) is 4.40. The highest BCUT2D eigenvalue weighted by atomic mass is 79.9. The molecule has 0 spiro atoms. The third-order valence-electron chi connectivity index (χ3n) is 3.04. The van der Waals surface area contributed by atoms with Gasteiger partial charge in [-0.25, -0.2) is 0 Å². The molecule has 5 nitrogen and oxygen atoms in total. The van der Waals surface area contributed by atoms with Gasteiger partial charge in [-0.05, 0) is 28.4 Å². The second-order valence-corrected chi connectivity index (χ2v) is 5.26. The van der Waals surface area contributed by atoms with Crippen LogP contribution in [-0.4, -0.2) is 43.2 Å². The molecule has 0 aromatic carbocycles. The van der Waals surface area contributed by atoms with Crippen LogP contribution in [0.15, 0.2) is 22.9 Å². The quantitative estimate of drug-likeness (QED) is 0.912. The van der Waals surface area contributed by atoms with Crippen molar-refractivity contribution in [1.82, 2.24) is 10.3 Å². The molecule has 1 unspecified atom stereocenters. The number of nitrogens with zero attached hydrogens (tertiary/aromatic N) is 2. The number of nitrogens with one attached hydrogen (secondary N) is 1. The molecule has 19 heavy (non-hydrogen) atoms. The van der Waals surface area contributed by atoms with Gasteiger partial charge < -0.3 is 15.0 Å². The van der Waals surface area contributed by atoms with Gasteiger partial charge in [-0.3, -0.25) is 9.78 Å². The Kier molecular flexibility index (Phi) is 5.15. The molecule has 1 atom stereocenters. The normalized spacial score (nSPS) is 19.3. The first-order valence-electron chi connectivity index (χ1n) is 6.45. The van der Waals surface area contributed by atoms with Crippen molar-refractivity contribution in [3.8, 4) is 0 Å². The highest BCUT2D eigenvalue weighted by Gasteiger charge is 2.30. The monoisotopic (exact) mass is 327 g/mol. The maximum Gasteiger partial charge on any atom is 0.245 e. The zero-order valence-electron chi connectivity index (χ0n) is 10.9. The lowest BCUT2D eigenvalue weighted by Crippen LogP contribution is -2.54. The zero-order valence-corrected chi connectivity index (χ0v) is 12.5. The van der Waals surface area contributed by atoms with E-state index in [9.17, 15) is 4.79 Å². The molecule has 0 radical (unpaired) electrons. The Morgan fingerprint density at radius 2 is 2.53 bits per heavy atom. The number of morpholine rings is 1. The Morgan fingerprint density at radius 1 is 1.68 bits per heavy atom. The Balaban J connectivity index is 2.16. The van der Waals surface area contributed by atoms with Gasteiger partial charge in [0.05, 0.1) is 23.4 Å². The minimum absolute atomic E-state index is 0.0188. The van der Waals surface area contributed by atoms with E-state index in [4.69, 9.17) is 4.74 Å². The number of carbonyl (C=O) groups excluding carboxylic acids is 1. The third kappa shape index (κ3) is 3.45. The van der Waals surface area contributed by atoms with Gasteiger partial charge in [0.25, 0.3) is 0 Å². The molecule has 1 aromatic heterocycles. The van der Waals surface area contributed by atoms with Crippen molar-refractivity contribution in [2.45, 2.75) is 19.4 Å². The zero-order chi connectivity index (χ0) is 13.7. The average Bonchev–Trinajstić information content (AvgIpc) is 2.45. The van der Waals surface area contributed by atoms with E-state index in [0.717, 1.165) is 16.6 Å². The molecule has 2 rings (SSSR count). The standard InChI is InChI=1S/C13H18BrN3O2/c1-2-4-16-13(18)12-9-19-7-6-17(12)11-3-5-15-8-10(11)14/h3,5,8,12H,2,4,6-7,9H2,1H3,(H,16,18). The first-order valence-corrected chi connectivity index (χ1v) is 7.25. The van der Waals surface area contributed by atoms with E-state index in [-0.39, 0.29) is 11.9 Å². The maximum atomic E-state index is 12.2. The highest BCUT2D eigenvalue weighted by Crippen LogP contribution is 2.27. The number of hydrogen-bond donors (Lipinski definition) is 1. The van der Waals surface area contributed by atoms with Crippen molar-refractivity contribution in [1.29, 1.82) is 0 Å². The molecule has 1 aliphatic rings. The van der Waals surface area contributed by atoms with Gasteiger partial charge in [0.15, 0.2) is 0 Å². The van der Waals surface area contributed by atoms with Crippen molar-refractivity contribution in [2.75, 3.05) is 31.2 Å². The summed E-state index contributed by atoms with van der Waals surface area (Å²) in [7, 11) is 0. The fourth-order valence-corrected chi connectivity index (χ4v) is 2.55. The van der Waals surface area contributed by atoms with Crippen molar-refractivity contribution < 1.29 is 9.53 Å². The van der Waals surface area contributed by atoms with E-state index in [2.05, 4.69) is 31.1 Å². The largest absolute Gasteiger partial charge is 0.377 e. The number of halogens is 1. The molecule has 0 saturated carbocycles. The van der Waals surface area contributed by atoms with Crippen molar-refractivity contribution in [2.24, 2.45) is 0 Å². The average molecular weight is 328 g/mol. The Bertz CT molecular complexity index is 442. The number of carbonyl (C=O) groups is 1. The molecular weight excluding hydrogens is 310 g/mol. The van der Waals surface area contributed by atoms with Crippen LogP contribution in [-0.2, 0) is 9.53 Å². The Labute approximate surface area is 121 Å². The van der Waals surface area contributed by atoms with Crippen LogP contribution >= 0.6 is 15.9 Å². The molecule has 0 bridgehead atoms. The van der Waals surface area contributed by atoms with Gasteiger partial charge in [-0.2, -0.15) is 0 Å².